The Morgan fingerprint density at radius 2 is 2.05 bits per heavy atom. The third kappa shape index (κ3) is 2.14. The second-order valence-corrected chi connectivity index (χ2v) is 5.48. The Balaban J connectivity index is 2.25. The molecule has 0 amide bonds. The Kier molecular flexibility index (Phi) is 3.14. The molecule has 0 radical (unpaired) electrons. The lowest BCUT2D eigenvalue weighted by Gasteiger charge is -2.05. The normalized spacial score (nSPS) is 10.9. The van der Waals surface area contributed by atoms with Gasteiger partial charge in [-0.3, -0.25) is 0 Å². The summed E-state index contributed by atoms with van der Waals surface area (Å²) in [7, 11) is 1.63. The zero-order valence-corrected chi connectivity index (χ0v) is 12.7. The van der Waals surface area contributed by atoms with E-state index in [9.17, 15) is 0 Å². The van der Waals surface area contributed by atoms with E-state index in [1.165, 1.54) is 0 Å². The van der Waals surface area contributed by atoms with Crippen molar-refractivity contribution in [2.24, 2.45) is 0 Å². The molecular formula is C15H13BrN2O2. The molecule has 0 fully saturated rings. The van der Waals surface area contributed by atoms with Gasteiger partial charge in [0.05, 0.1) is 18.4 Å². The van der Waals surface area contributed by atoms with Crippen LogP contribution in [0.5, 0.6) is 5.75 Å². The van der Waals surface area contributed by atoms with Gasteiger partial charge >= 0.3 is 0 Å². The van der Waals surface area contributed by atoms with Gasteiger partial charge in [0, 0.05) is 4.47 Å². The number of rotatable bonds is 2. The van der Waals surface area contributed by atoms with Gasteiger partial charge in [-0.1, -0.05) is 27.6 Å². The molecule has 0 aliphatic carbocycles. The number of hydrogen-bond donors (Lipinski definition) is 1. The van der Waals surface area contributed by atoms with Crippen LogP contribution in [-0.2, 0) is 0 Å². The number of methoxy groups -OCH3 is 1. The summed E-state index contributed by atoms with van der Waals surface area (Å²) < 4.78 is 12.0. The molecule has 0 spiro atoms. The van der Waals surface area contributed by atoms with Crippen molar-refractivity contribution in [3.05, 3.63) is 40.4 Å². The Morgan fingerprint density at radius 1 is 1.25 bits per heavy atom. The molecule has 2 aromatic carbocycles. The predicted molar refractivity (Wildman–Crippen MR) is 82.8 cm³/mol. The third-order valence-electron chi connectivity index (χ3n) is 3.07. The number of halogens is 1. The standard InChI is InChI=1S/C15H13BrN2O2/c1-8-3-4-13(19-2)10(5-8)15-18-12-7-9(16)6-11(17)14(12)20-15/h3-7H,17H2,1-2H3. The van der Waals surface area contributed by atoms with E-state index in [1.54, 1.807) is 13.2 Å². The third-order valence-corrected chi connectivity index (χ3v) is 3.53. The van der Waals surface area contributed by atoms with E-state index in [4.69, 9.17) is 14.9 Å². The molecule has 3 aromatic rings. The SMILES string of the molecule is COc1ccc(C)cc1-c1nc2cc(Br)cc(N)c2o1. The Hall–Kier alpha value is -2.01. The lowest BCUT2D eigenvalue weighted by molar-refractivity contribution is 0.414. The molecule has 0 aliphatic heterocycles. The summed E-state index contributed by atoms with van der Waals surface area (Å²) in [6.07, 6.45) is 0. The number of nitrogen functional groups attached to an aromatic ring is 1. The van der Waals surface area contributed by atoms with Crippen molar-refractivity contribution in [3.63, 3.8) is 0 Å². The number of aryl methyl sites for hydroxylation is 1. The zero-order chi connectivity index (χ0) is 14.3. The van der Waals surface area contributed by atoms with Crippen LogP contribution in [0.2, 0.25) is 0 Å². The highest BCUT2D eigenvalue weighted by molar-refractivity contribution is 9.10. The molecule has 1 aromatic heterocycles. The smallest absolute Gasteiger partial charge is 0.231 e. The number of ether oxygens (including phenoxy) is 1. The minimum Gasteiger partial charge on any atom is -0.496 e. The van der Waals surface area contributed by atoms with Crippen molar-refractivity contribution in [2.45, 2.75) is 6.92 Å². The minimum atomic E-state index is 0.505. The maximum atomic E-state index is 5.95. The monoisotopic (exact) mass is 332 g/mol. The molecule has 5 heteroatoms. The number of aromatic nitrogens is 1. The van der Waals surface area contributed by atoms with Gasteiger partial charge in [0.25, 0.3) is 0 Å². The Morgan fingerprint density at radius 3 is 2.80 bits per heavy atom. The lowest BCUT2D eigenvalue weighted by atomic mass is 10.1. The van der Waals surface area contributed by atoms with Gasteiger partial charge < -0.3 is 14.9 Å². The number of fused-ring (bicyclic) bond motifs is 1. The van der Waals surface area contributed by atoms with Crippen LogP contribution in [0.1, 0.15) is 5.56 Å². The van der Waals surface area contributed by atoms with Crippen LogP contribution in [0.25, 0.3) is 22.6 Å². The number of benzene rings is 2. The summed E-state index contributed by atoms with van der Waals surface area (Å²) in [4.78, 5) is 4.50. The summed E-state index contributed by atoms with van der Waals surface area (Å²) in [5.74, 6) is 1.23. The van der Waals surface area contributed by atoms with Crippen LogP contribution in [0.3, 0.4) is 0 Å². The fourth-order valence-electron chi connectivity index (χ4n) is 2.13. The van der Waals surface area contributed by atoms with Crippen LogP contribution in [0.15, 0.2) is 39.2 Å². The van der Waals surface area contributed by atoms with E-state index in [0.29, 0.717) is 17.2 Å². The van der Waals surface area contributed by atoms with Gasteiger partial charge in [-0.25, -0.2) is 4.98 Å². The van der Waals surface area contributed by atoms with Crippen molar-refractivity contribution in [1.29, 1.82) is 0 Å². The predicted octanol–water partition coefficient (Wildman–Crippen LogP) is 4.16. The molecule has 4 nitrogen and oxygen atoms in total. The van der Waals surface area contributed by atoms with Crippen LogP contribution in [0.4, 0.5) is 5.69 Å². The fourth-order valence-corrected chi connectivity index (χ4v) is 2.59. The first kappa shape index (κ1) is 13.0. The van der Waals surface area contributed by atoms with Crippen molar-refractivity contribution in [3.8, 4) is 17.2 Å². The number of hydrogen-bond acceptors (Lipinski definition) is 4. The van der Waals surface area contributed by atoms with E-state index < -0.39 is 0 Å². The lowest BCUT2D eigenvalue weighted by Crippen LogP contribution is -1.88. The van der Waals surface area contributed by atoms with Gasteiger partial charge in [-0.2, -0.15) is 0 Å². The minimum absolute atomic E-state index is 0.505. The van der Waals surface area contributed by atoms with Crippen LogP contribution in [-0.4, -0.2) is 12.1 Å². The second kappa shape index (κ2) is 4.83. The first-order valence-electron chi connectivity index (χ1n) is 6.09. The largest absolute Gasteiger partial charge is 0.496 e. The van der Waals surface area contributed by atoms with Gasteiger partial charge in [-0.05, 0) is 31.2 Å². The highest BCUT2D eigenvalue weighted by Gasteiger charge is 2.15. The van der Waals surface area contributed by atoms with Crippen LogP contribution >= 0.6 is 15.9 Å². The molecular weight excluding hydrogens is 320 g/mol. The van der Waals surface area contributed by atoms with Gasteiger partial charge in [0.15, 0.2) is 5.58 Å². The van der Waals surface area contributed by atoms with Crippen molar-refractivity contribution < 1.29 is 9.15 Å². The Bertz CT molecular complexity index is 796. The van der Waals surface area contributed by atoms with Crippen LogP contribution in [0, 0.1) is 6.92 Å². The number of nitrogens with zero attached hydrogens (tertiary/aromatic N) is 1. The Labute approximate surface area is 124 Å². The van der Waals surface area contributed by atoms with Crippen molar-refractivity contribution >= 4 is 32.7 Å². The summed E-state index contributed by atoms with van der Waals surface area (Å²) in [5.41, 5.74) is 9.74. The van der Waals surface area contributed by atoms with E-state index in [1.807, 2.05) is 31.2 Å². The second-order valence-electron chi connectivity index (χ2n) is 4.57. The number of anilines is 1. The average molecular weight is 333 g/mol. The number of nitrogens with two attached hydrogens (primary N) is 1. The molecule has 20 heavy (non-hydrogen) atoms. The van der Waals surface area contributed by atoms with Crippen LogP contribution < -0.4 is 10.5 Å². The summed E-state index contributed by atoms with van der Waals surface area (Å²) >= 11 is 3.40. The molecule has 2 N–H and O–H groups in total. The molecule has 0 aliphatic rings. The molecule has 1 heterocycles. The number of oxazole rings is 1. The van der Waals surface area contributed by atoms with E-state index in [-0.39, 0.29) is 0 Å². The fraction of sp³-hybridized carbons (Fsp3) is 0.133. The van der Waals surface area contributed by atoms with E-state index in [2.05, 4.69) is 20.9 Å². The maximum Gasteiger partial charge on any atom is 0.231 e. The summed E-state index contributed by atoms with van der Waals surface area (Å²) in [5, 5.41) is 0. The van der Waals surface area contributed by atoms with Crippen molar-refractivity contribution in [2.75, 3.05) is 12.8 Å². The molecule has 102 valence electrons. The van der Waals surface area contributed by atoms with E-state index >= 15 is 0 Å². The first-order chi connectivity index (χ1) is 9.58. The summed E-state index contributed by atoms with van der Waals surface area (Å²) in [6.45, 7) is 2.01. The molecule has 0 saturated heterocycles. The van der Waals surface area contributed by atoms with Crippen molar-refractivity contribution in [1.82, 2.24) is 4.98 Å². The van der Waals surface area contributed by atoms with Gasteiger partial charge in [0.2, 0.25) is 5.89 Å². The van der Waals surface area contributed by atoms with E-state index in [0.717, 1.165) is 26.9 Å². The molecule has 0 saturated carbocycles. The highest BCUT2D eigenvalue weighted by Crippen LogP contribution is 2.35. The quantitative estimate of drug-likeness (QED) is 0.716. The van der Waals surface area contributed by atoms with Gasteiger partial charge in [0.1, 0.15) is 11.3 Å². The zero-order valence-electron chi connectivity index (χ0n) is 11.1. The summed E-state index contributed by atoms with van der Waals surface area (Å²) in [6, 6.07) is 9.54. The highest BCUT2D eigenvalue weighted by atomic mass is 79.9. The topological polar surface area (TPSA) is 61.3 Å². The average Bonchev–Trinajstić information content (AvgIpc) is 2.82. The first-order valence-corrected chi connectivity index (χ1v) is 6.88. The maximum absolute atomic E-state index is 5.95. The molecule has 3 rings (SSSR count). The molecule has 0 unspecified atom stereocenters. The molecule has 0 bridgehead atoms. The molecule has 0 atom stereocenters. The van der Waals surface area contributed by atoms with Gasteiger partial charge in [-0.15, -0.1) is 0 Å².